The largest absolute Gasteiger partial charge is 0.456 e. The molecule has 0 amide bonds. The van der Waals surface area contributed by atoms with Gasteiger partial charge in [0.25, 0.3) is 0 Å². The monoisotopic (exact) mass is 474 g/mol. The molecule has 0 spiro atoms. The Morgan fingerprint density at radius 2 is 1.35 bits per heavy atom. The maximum atomic E-state index is 9.63. The van der Waals surface area contributed by atoms with Crippen LogP contribution in [0.2, 0.25) is 0 Å². The Bertz CT molecular complexity index is 2220. The van der Waals surface area contributed by atoms with E-state index in [0.717, 1.165) is 66.2 Å². The number of hydrogen-bond acceptors (Lipinski definition) is 3. The molecule has 5 aromatic carbocycles. The Kier molecular flexibility index (Phi) is 3.94. The van der Waals surface area contributed by atoms with Crippen LogP contribution in [0.5, 0.6) is 0 Å². The van der Waals surface area contributed by atoms with E-state index in [-0.39, 0.29) is 0 Å². The first-order valence-electron chi connectivity index (χ1n) is 12.1. The van der Waals surface area contributed by atoms with Crippen molar-refractivity contribution < 1.29 is 4.42 Å². The number of rotatable bonds is 2. The summed E-state index contributed by atoms with van der Waals surface area (Å²) in [4.78, 5) is 4.57. The van der Waals surface area contributed by atoms with E-state index in [9.17, 15) is 5.26 Å². The zero-order valence-electron chi connectivity index (χ0n) is 19.6. The number of hydrogen-bond donors (Lipinski definition) is 0. The Labute approximate surface area is 211 Å². The summed E-state index contributed by atoms with van der Waals surface area (Å²) in [6, 6.07) is 37.3. The lowest BCUT2D eigenvalue weighted by atomic mass is 10.1. The number of fused-ring (bicyclic) bond motifs is 7. The summed E-state index contributed by atoms with van der Waals surface area (Å²) in [5.74, 6) is 0. The van der Waals surface area contributed by atoms with Crippen LogP contribution in [-0.2, 0) is 0 Å². The van der Waals surface area contributed by atoms with Crippen molar-refractivity contribution in [3.63, 3.8) is 0 Å². The van der Waals surface area contributed by atoms with E-state index < -0.39 is 0 Å². The highest BCUT2D eigenvalue weighted by Crippen LogP contribution is 2.37. The molecule has 0 radical (unpaired) electrons. The fourth-order valence-corrected chi connectivity index (χ4v) is 5.53. The predicted molar refractivity (Wildman–Crippen MR) is 147 cm³/mol. The first-order chi connectivity index (χ1) is 18.3. The van der Waals surface area contributed by atoms with E-state index in [4.69, 9.17) is 4.42 Å². The van der Waals surface area contributed by atoms with Crippen molar-refractivity contribution in [3.05, 3.63) is 115 Å². The zero-order valence-corrected chi connectivity index (χ0v) is 19.6. The van der Waals surface area contributed by atoms with Gasteiger partial charge in [-0.1, -0.05) is 30.3 Å². The van der Waals surface area contributed by atoms with Crippen LogP contribution >= 0.6 is 0 Å². The molecule has 0 aliphatic carbocycles. The number of nitriles is 1. The molecule has 37 heavy (non-hydrogen) atoms. The molecule has 0 bridgehead atoms. The van der Waals surface area contributed by atoms with Crippen molar-refractivity contribution in [1.82, 2.24) is 14.1 Å². The first-order valence-corrected chi connectivity index (χ1v) is 12.1. The van der Waals surface area contributed by atoms with Gasteiger partial charge >= 0.3 is 0 Å². The van der Waals surface area contributed by atoms with Gasteiger partial charge in [-0.3, -0.25) is 4.57 Å². The second-order valence-electron chi connectivity index (χ2n) is 9.26. The molecule has 0 N–H and O–H groups in total. The maximum Gasteiger partial charge on any atom is 0.135 e. The molecule has 5 nitrogen and oxygen atoms in total. The number of aromatic nitrogens is 3. The molecule has 0 saturated heterocycles. The van der Waals surface area contributed by atoms with E-state index in [1.54, 1.807) is 0 Å². The van der Waals surface area contributed by atoms with E-state index in [0.29, 0.717) is 5.56 Å². The van der Waals surface area contributed by atoms with Gasteiger partial charge in [-0.15, -0.1) is 0 Å². The first kappa shape index (κ1) is 19.9. The zero-order chi connectivity index (χ0) is 24.5. The summed E-state index contributed by atoms with van der Waals surface area (Å²) >= 11 is 0. The number of para-hydroxylation sites is 3. The van der Waals surface area contributed by atoms with Crippen LogP contribution in [0.25, 0.3) is 66.2 Å². The molecule has 0 saturated carbocycles. The van der Waals surface area contributed by atoms with E-state index in [2.05, 4.69) is 62.7 Å². The molecule has 172 valence electrons. The molecule has 5 heteroatoms. The van der Waals surface area contributed by atoms with Gasteiger partial charge < -0.3 is 8.98 Å². The topological polar surface area (TPSA) is 59.7 Å². The van der Waals surface area contributed by atoms with Crippen LogP contribution in [0, 0.1) is 11.3 Å². The van der Waals surface area contributed by atoms with Crippen molar-refractivity contribution in [2.24, 2.45) is 0 Å². The minimum absolute atomic E-state index is 0.640. The van der Waals surface area contributed by atoms with Gasteiger partial charge in [-0.2, -0.15) is 5.26 Å². The van der Waals surface area contributed by atoms with Crippen LogP contribution in [0.1, 0.15) is 5.56 Å². The van der Waals surface area contributed by atoms with Crippen LogP contribution in [0.15, 0.2) is 114 Å². The van der Waals surface area contributed by atoms with Gasteiger partial charge in [0, 0.05) is 32.9 Å². The summed E-state index contributed by atoms with van der Waals surface area (Å²) in [7, 11) is 0. The van der Waals surface area contributed by atoms with Gasteiger partial charge in [0.2, 0.25) is 0 Å². The Balaban J connectivity index is 1.43. The molecule has 0 unspecified atom stereocenters. The number of imidazole rings is 1. The second kappa shape index (κ2) is 7.33. The van der Waals surface area contributed by atoms with Gasteiger partial charge in [0.05, 0.1) is 33.7 Å². The van der Waals surface area contributed by atoms with Crippen molar-refractivity contribution in [2.75, 3.05) is 0 Å². The van der Waals surface area contributed by atoms with Crippen molar-refractivity contribution in [2.45, 2.75) is 0 Å². The third-order valence-electron chi connectivity index (χ3n) is 7.23. The molecule has 0 aliphatic rings. The third kappa shape index (κ3) is 2.81. The molecule has 8 rings (SSSR count). The highest BCUT2D eigenvalue weighted by molar-refractivity contribution is 6.11. The fourth-order valence-electron chi connectivity index (χ4n) is 5.53. The molecule has 3 aromatic heterocycles. The highest BCUT2D eigenvalue weighted by atomic mass is 16.3. The second-order valence-corrected chi connectivity index (χ2v) is 9.26. The van der Waals surface area contributed by atoms with Gasteiger partial charge in [-0.25, -0.2) is 4.98 Å². The molecule has 3 heterocycles. The lowest BCUT2D eigenvalue weighted by Crippen LogP contribution is -1.95. The number of benzene rings is 5. The molecule has 0 fully saturated rings. The average molecular weight is 475 g/mol. The normalized spacial score (nSPS) is 11.8. The molecule has 0 atom stereocenters. The lowest BCUT2D eigenvalue weighted by Gasteiger charge is -2.09. The molecule has 8 aromatic rings. The fraction of sp³-hybridized carbons (Fsp3) is 0. The lowest BCUT2D eigenvalue weighted by molar-refractivity contribution is 0.669. The summed E-state index contributed by atoms with van der Waals surface area (Å²) in [6.07, 6.45) is 1.86. The molecule has 0 aliphatic heterocycles. The smallest absolute Gasteiger partial charge is 0.135 e. The minimum atomic E-state index is 0.640. The maximum absolute atomic E-state index is 9.63. The van der Waals surface area contributed by atoms with E-state index in [1.165, 1.54) is 0 Å². The summed E-state index contributed by atoms with van der Waals surface area (Å²) in [5.41, 5.74) is 8.60. The van der Waals surface area contributed by atoms with Crippen molar-refractivity contribution >= 4 is 54.8 Å². The quantitative estimate of drug-likeness (QED) is 0.256. The summed E-state index contributed by atoms with van der Waals surface area (Å²) < 4.78 is 10.4. The number of furan rings is 1. The SMILES string of the molecule is N#Cc1ccc2c(c1)c1cc(-n3cnc4ccccc43)ccc1n2-c1ccc2oc3ccccc3c2c1. The van der Waals surface area contributed by atoms with Crippen LogP contribution in [0.4, 0.5) is 0 Å². The van der Waals surface area contributed by atoms with E-state index >= 15 is 0 Å². The van der Waals surface area contributed by atoms with E-state index in [1.807, 2.05) is 67.0 Å². The Hall–Kier alpha value is -5.34. The van der Waals surface area contributed by atoms with Gasteiger partial charge in [0.1, 0.15) is 17.5 Å². The van der Waals surface area contributed by atoms with Crippen LogP contribution in [-0.4, -0.2) is 14.1 Å². The minimum Gasteiger partial charge on any atom is -0.456 e. The predicted octanol–water partition coefficient (Wildman–Crippen LogP) is 7.89. The average Bonchev–Trinajstić information content (AvgIpc) is 3.63. The van der Waals surface area contributed by atoms with Crippen LogP contribution in [0.3, 0.4) is 0 Å². The molecular formula is C32H18N4O. The molecular weight excluding hydrogens is 456 g/mol. The summed E-state index contributed by atoms with van der Waals surface area (Å²) in [6.45, 7) is 0. The summed E-state index contributed by atoms with van der Waals surface area (Å²) in [5, 5.41) is 13.9. The Morgan fingerprint density at radius 3 is 2.27 bits per heavy atom. The van der Waals surface area contributed by atoms with Gasteiger partial charge in [0.15, 0.2) is 0 Å². The Morgan fingerprint density at radius 1 is 0.622 bits per heavy atom. The standard InChI is InChI=1S/C32H18N4O/c33-18-20-9-12-28-24(15-20)25-16-21(35-19-34-27-6-2-3-7-30(27)35)10-13-29(25)36(28)22-11-14-32-26(17-22)23-5-1-4-8-31(23)37-32/h1-17,19H. The van der Waals surface area contributed by atoms with Crippen molar-refractivity contribution in [3.8, 4) is 17.4 Å². The highest BCUT2D eigenvalue weighted by Gasteiger charge is 2.16. The van der Waals surface area contributed by atoms with Crippen LogP contribution < -0.4 is 0 Å². The number of nitrogens with zero attached hydrogens (tertiary/aromatic N) is 4. The third-order valence-corrected chi connectivity index (χ3v) is 7.23. The van der Waals surface area contributed by atoms with Crippen molar-refractivity contribution in [1.29, 1.82) is 5.26 Å². The van der Waals surface area contributed by atoms with Gasteiger partial charge in [-0.05, 0) is 72.8 Å².